The van der Waals surface area contributed by atoms with Crippen molar-refractivity contribution in [3.05, 3.63) is 190 Å². The second-order valence-corrected chi connectivity index (χ2v) is 42.6. The molecule has 778 valence electrons. The molecule has 22 nitrogen and oxygen atoms in total. The number of nitriles is 3. The number of nitrogens with zero attached hydrogens (tertiary/aromatic N) is 14. The zero-order valence-corrected chi connectivity index (χ0v) is 92.8. The predicted octanol–water partition coefficient (Wildman–Crippen LogP) is 28.9. The van der Waals surface area contributed by atoms with Crippen molar-refractivity contribution in [2.45, 2.75) is 337 Å². The fourth-order valence-electron chi connectivity index (χ4n) is 19.6. The van der Waals surface area contributed by atoms with Crippen molar-refractivity contribution in [3.8, 4) is 52.0 Å². The first-order valence-electron chi connectivity index (χ1n) is 54.4. The van der Waals surface area contributed by atoms with Gasteiger partial charge in [-0.2, -0.15) is 25.8 Å². The van der Waals surface area contributed by atoms with E-state index in [-0.39, 0.29) is 45.2 Å². The number of anilines is 3. The Kier molecular flexibility index (Phi) is 49.0. The van der Waals surface area contributed by atoms with Gasteiger partial charge in [-0.15, -0.1) is 0 Å². The van der Waals surface area contributed by atoms with Crippen molar-refractivity contribution in [2.75, 3.05) is 73.6 Å². The molecule has 4 unspecified atom stereocenters. The Bertz CT molecular complexity index is 5740. The zero-order valence-electron chi connectivity index (χ0n) is 90.3. The SMILES string of the molecule is CCCCC(CC)CN(CC(CC)CCCC)c1nc(-c2c(C)cc(C)cc2C)c(/C=C2\C(=O)N(N3CCCCC3)C(=O)C(C#N)=C2C)s1.CCCCC(CC)CN(CC(CC)CCCC)c1nc(-c2ccccc2)c(/C=C2\C(=O)N(CCCC)C(=O)C(C#N)=C2C)s1.CCCCCCCCN(CCCCCCCC)c1nc(-c2ccccc2)c(/C=C2\C(=O)N(N(C(C)=O)C(=O)c3ccccc3)C(=O)C(C#N)=C2C)s1. The van der Waals surface area contributed by atoms with Gasteiger partial charge in [-0.3, -0.25) is 43.3 Å². The number of hydrogen-bond donors (Lipinski definition) is 0. The monoisotopic (exact) mass is 2020 g/mol. The third kappa shape index (κ3) is 31.8. The lowest BCUT2D eigenvalue weighted by molar-refractivity contribution is -0.163. The smallest absolute Gasteiger partial charge is 0.291 e. The van der Waals surface area contributed by atoms with Crippen LogP contribution < -0.4 is 14.7 Å². The molecule has 4 atom stereocenters. The van der Waals surface area contributed by atoms with Crippen molar-refractivity contribution in [1.29, 1.82) is 15.8 Å². The lowest BCUT2D eigenvalue weighted by atomic mass is 9.93. The number of benzene rings is 4. The van der Waals surface area contributed by atoms with E-state index >= 15 is 0 Å². The number of carbonyl (C=O) groups excluding carboxylic acids is 8. The molecule has 0 N–H and O–H groups in total. The topological polar surface area (TPSA) is 273 Å². The minimum atomic E-state index is -1.03. The van der Waals surface area contributed by atoms with Crippen molar-refractivity contribution >= 4 is 115 Å². The number of piperidine rings is 1. The predicted molar refractivity (Wildman–Crippen MR) is 596 cm³/mol. The summed E-state index contributed by atoms with van der Waals surface area (Å²) in [5.74, 6) is -2.94. The Balaban J connectivity index is 0.000000243. The molecule has 7 aromatic rings. The van der Waals surface area contributed by atoms with E-state index in [0.29, 0.717) is 92.6 Å². The average Bonchev–Trinajstić information content (AvgIpc) is 1.39. The molecule has 0 bridgehead atoms. The van der Waals surface area contributed by atoms with Crippen LogP contribution in [-0.2, 0) is 33.6 Å². The number of amides is 8. The van der Waals surface area contributed by atoms with Crippen LogP contribution in [0.2, 0.25) is 0 Å². The first kappa shape index (κ1) is 117. The molecule has 0 aliphatic carbocycles. The summed E-state index contributed by atoms with van der Waals surface area (Å²) in [6.45, 7) is 44.4. The van der Waals surface area contributed by atoms with Gasteiger partial charge >= 0.3 is 0 Å². The van der Waals surface area contributed by atoms with E-state index in [0.717, 1.165) is 188 Å². The summed E-state index contributed by atoms with van der Waals surface area (Å²) in [5, 5.41) is 37.0. The summed E-state index contributed by atoms with van der Waals surface area (Å²) in [7, 11) is 0. The molecular weight excluding hydrogens is 1860 g/mol. The molecule has 1 saturated heterocycles. The lowest BCUT2D eigenvalue weighted by Gasteiger charge is -2.38. The van der Waals surface area contributed by atoms with E-state index in [1.165, 1.54) is 167 Å². The van der Waals surface area contributed by atoms with Gasteiger partial charge in [0.25, 0.3) is 41.4 Å². The maximum Gasteiger partial charge on any atom is 0.291 e. The fourth-order valence-corrected chi connectivity index (χ4v) is 22.8. The molecular formula is C120H162N14O8S3. The molecule has 145 heavy (non-hydrogen) atoms. The van der Waals surface area contributed by atoms with Crippen molar-refractivity contribution in [2.24, 2.45) is 23.7 Å². The molecule has 3 aromatic heterocycles. The van der Waals surface area contributed by atoms with Crippen LogP contribution in [0.15, 0.2) is 153 Å². The number of hydrogen-bond acceptors (Lipinski definition) is 21. The highest BCUT2D eigenvalue weighted by atomic mass is 32.1. The number of imide groups is 4. The van der Waals surface area contributed by atoms with Gasteiger partial charge in [0.1, 0.15) is 34.9 Å². The molecule has 1 fully saturated rings. The largest absolute Gasteiger partial charge is 0.348 e. The second kappa shape index (κ2) is 60.6. The molecule has 4 aliphatic rings. The molecule has 4 aromatic carbocycles. The highest BCUT2D eigenvalue weighted by molar-refractivity contribution is 7.17. The number of rotatable bonds is 53. The van der Waals surface area contributed by atoms with Gasteiger partial charge in [0, 0.05) is 105 Å². The average molecular weight is 2020 g/mol. The molecule has 8 amide bonds. The first-order valence-corrected chi connectivity index (χ1v) is 56.8. The van der Waals surface area contributed by atoms with Crippen LogP contribution in [-0.4, -0.2) is 146 Å². The van der Waals surface area contributed by atoms with E-state index in [2.05, 4.69) is 141 Å². The minimum absolute atomic E-state index is 0.0361. The number of unbranched alkanes of at least 4 members (excludes halogenated alkanes) is 15. The fraction of sp³-hybridized carbons (Fsp3) is 0.533. The van der Waals surface area contributed by atoms with Gasteiger partial charge in [-0.25, -0.2) is 25.0 Å². The molecule has 0 radical (unpaired) electrons. The number of hydrazine groups is 2. The van der Waals surface area contributed by atoms with Crippen LogP contribution in [0.5, 0.6) is 0 Å². The lowest BCUT2D eigenvalue weighted by Crippen LogP contribution is -2.57. The van der Waals surface area contributed by atoms with Crippen LogP contribution >= 0.6 is 34.0 Å². The number of aromatic nitrogens is 3. The van der Waals surface area contributed by atoms with Crippen molar-refractivity contribution in [1.82, 2.24) is 39.9 Å². The molecule has 0 saturated carbocycles. The van der Waals surface area contributed by atoms with Crippen LogP contribution in [0.4, 0.5) is 15.4 Å². The van der Waals surface area contributed by atoms with Crippen molar-refractivity contribution < 1.29 is 38.4 Å². The highest BCUT2D eigenvalue weighted by Crippen LogP contribution is 2.45. The van der Waals surface area contributed by atoms with Gasteiger partial charge in [0.15, 0.2) is 15.4 Å². The maximum atomic E-state index is 14.3. The van der Waals surface area contributed by atoms with Crippen LogP contribution in [0, 0.1) is 78.4 Å². The maximum absolute atomic E-state index is 14.3. The summed E-state index contributed by atoms with van der Waals surface area (Å²) >= 11 is 4.73. The van der Waals surface area contributed by atoms with E-state index in [1.807, 2.05) is 78.7 Å². The number of thiazole rings is 3. The second-order valence-electron chi connectivity index (χ2n) is 39.6. The van der Waals surface area contributed by atoms with Crippen LogP contribution in [0.1, 0.15) is 357 Å². The van der Waals surface area contributed by atoms with Gasteiger partial charge in [-0.05, 0) is 181 Å². The molecule has 7 heterocycles. The van der Waals surface area contributed by atoms with Crippen LogP contribution in [0.3, 0.4) is 0 Å². The summed E-state index contributed by atoms with van der Waals surface area (Å²) in [6.07, 6.45) is 43.1. The van der Waals surface area contributed by atoms with E-state index < -0.39 is 35.4 Å². The van der Waals surface area contributed by atoms with Gasteiger partial charge in [0.05, 0.1) is 31.7 Å². The Hall–Kier alpha value is -11.4. The molecule has 4 aliphatic heterocycles. The highest BCUT2D eigenvalue weighted by Gasteiger charge is 2.45. The third-order valence-corrected chi connectivity index (χ3v) is 31.7. The summed E-state index contributed by atoms with van der Waals surface area (Å²) in [5.41, 5.74) is 10.6. The molecule has 0 spiro atoms. The Morgan fingerprint density at radius 1 is 0.400 bits per heavy atom. The third-order valence-electron chi connectivity index (χ3n) is 28.5. The summed E-state index contributed by atoms with van der Waals surface area (Å²) in [6, 6.07) is 38.3. The van der Waals surface area contributed by atoms with E-state index in [1.54, 1.807) is 67.7 Å². The summed E-state index contributed by atoms with van der Waals surface area (Å²) in [4.78, 5) is 136. The normalized spacial score (nSPS) is 15.9. The Morgan fingerprint density at radius 2 is 0.752 bits per heavy atom. The first-order chi connectivity index (χ1) is 70.1. The van der Waals surface area contributed by atoms with Gasteiger partial charge < -0.3 is 14.7 Å². The van der Waals surface area contributed by atoms with Gasteiger partial charge in [0.2, 0.25) is 5.91 Å². The number of aryl methyl sites for hydroxylation is 3. The minimum Gasteiger partial charge on any atom is -0.348 e. The van der Waals surface area contributed by atoms with E-state index in [4.69, 9.17) is 15.0 Å². The van der Waals surface area contributed by atoms with Crippen LogP contribution in [0.25, 0.3) is 52.0 Å². The zero-order chi connectivity index (χ0) is 105. The Labute approximate surface area is 878 Å². The quantitative estimate of drug-likeness (QED) is 0.0195. The number of carbonyl (C=O) groups is 8. The molecule has 11 rings (SSSR count). The Morgan fingerprint density at radius 3 is 1.14 bits per heavy atom. The van der Waals surface area contributed by atoms with Gasteiger partial charge in [-0.1, -0.05) is 361 Å². The summed E-state index contributed by atoms with van der Waals surface area (Å²) < 4.78 is 0. The molecule has 25 heteroatoms. The standard InChI is InChI=1S/C42H51N5O4S.C41H59N5O2S.C37H52N4O2S/c1-5-7-9-11-13-21-27-45(28-22-14-12-10-8-6-2)42-44-38(33-23-17-15-18-24-33)37(52-42)29-35-31(3)36(30-43)41(51)47(40(35)50)46(32(4)48)39(49)34-25-19-16-20-26-34;1-9-13-18-32(11-3)26-44(27-33(12-4)19-14-10-2)41-43-38(37-29(6)22-28(5)23-30(37)7)36(49-41)24-34-31(8)35(25-42)40(48)46(39(34)47)45-20-16-15-17-21-45;1-7-12-18-28(10-4)25-40(26-29(11-5)19-13-8-2)37-39-34(30-20-16-15-17-21-30)33(44-37)23-31-27(6)32(24-38)36(43)41(35(31)42)22-14-9-3/h15-20,23-26,29H,5-14,21-22,27-28H2,1-4H3;22-24,32-33H,9-21,26-27H2,1-8H3;15-17,20-21,23,28-29H,7-14,18-19,22,25-26H2,1-6H3/b35-29-;34-24-;31-23-. The van der Waals surface area contributed by atoms with E-state index in [9.17, 15) is 54.1 Å². The van der Waals surface area contributed by atoms with Crippen molar-refractivity contribution in [3.63, 3.8) is 0 Å².